The van der Waals surface area contributed by atoms with Crippen LogP contribution in [0, 0.1) is 13.8 Å². The van der Waals surface area contributed by atoms with Crippen molar-refractivity contribution in [1.82, 2.24) is 0 Å². The van der Waals surface area contributed by atoms with Crippen LogP contribution in [0.2, 0.25) is 5.02 Å². The van der Waals surface area contributed by atoms with Gasteiger partial charge in [-0.3, -0.25) is 9.10 Å². The highest BCUT2D eigenvalue weighted by atomic mass is 35.5. The van der Waals surface area contributed by atoms with Crippen LogP contribution in [0.15, 0.2) is 36.4 Å². The number of benzene rings is 2. The zero-order chi connectivity index (χ0) is 19.8. The highest BCUT2D eigenvalue weighted by Crippen LogP contribution is 2.35. The van der Waals surface area contributed by atoms with Gasteiger partial charge < -0.3 is 10.1 Å². The minimum Gasteiger partial charge on any atom is -0.478 e. The molecule has 1 amide bonds. The maximum atomic E-state index is 12.8. The van der Waals surface area contributed by atoms with Gasteiger partial charge in [0.05, 0.1) is 11.9 Å². The van der Waals surface area contributed by atoms with Gasteiger partial charge in [-0.05, 0) is 55.3 Å². The Balaban J connectivity index is 1.88. The normalized spacial score (nSPS) is 16.9. The number of aryl methyl sites for hydroxylation is 2. The number of anilines is 2. The molecule has 3 rings (SSSR count). The van der Waals surface area contributed by atoms with E-state index in [4.69, 9.17) is 16.3 Å². The Morgan fingerprint density at radius 1 is 1.22 bits per heavy atom. The number of amides is 1. The minimum atomic E-state index is -3.49. The highest BCUT2D eigenvalue weighted by Gasteiger charge is 2.31. The van der Waals surface area contributed by atoms with Crippen molar-refractivity contribution in [3.8, 4) is 5.75 Å². The number of carbonyl (C=O) groups is 1. The molecule has 1 atom stereocenters. The van der Waals surface area contributed by atoms with Gasteiger partial charge in [0.1, 0.15) is 5.75 Å². The number of ether oxygens (including phenoxy) is 1. The fraction of sp³-hybridized carbons (Fsp3) is 0.316. The molecule has 0 fully saturated rings. The summed E-state index contributed by atoms with van der Waals surface area (Å²) in [7, 11) is -3.49. The molecule has 2 aromatic carbocycles. The third kappa shape index (κ3) is 4.36. The lowest BCUT2D eigenvalue weighted by Crippen LogP contribution is -2.36. The molecule has 0 spiro atoms. The predicted octanol–water partition coefficient (Wildman–Crippen LogP) is 3.51. The van der Waals surface area contributed by atoms with Crippen LogP contribution in [0.4, 0.5) is 11.4 Å². The molecule has 27 heavy (non-hydrogen) atoms. The number of halogens is 1. The third-order valence-corrected chi connectivity index (χ3v) is 5.80. The van der Waals surface area contributed by atoms with Crippen LogP contribution < -0.4 is 14.4 Å². The van der Waals surface area contributed by atoms with Crippen LogP contribution in [0.1, 0.15) is 17.5 Å². The van der Waals surface area contributed by atoms with Crippen molar-refractivity contribution in [3.05, 3.63) is 52.5 Å². The standard InChI is InChI=1S/C19H21ClN2O4S/c1-12-4-7-17-16(10-12)22(27(3,24)25)9-8-18(26-17)19(23)21-15-6-5-14(20)11-13(15)2/h4-7,10-11,18H,8-9H2,1-3H3,(H,21,23). The second-order valence-electron chi connectivity index (χ2n) is 6.65. The maximum absolute atomic E-state index is 12.8. The molecule has 0 bridgehead atoms. The topological polar surface area (TPSA) is 75.7 Å². The summed E-state index contributed by atoms with van der Waals surface area (Å²) >= 11 is 5.95. The lowest BCUT2D eigenvalue weighted by atomic mass is 10.2. The van der Waals surface area contributed by atoms with Crippen molar-refractivity contribution >= 4 is 38.9 Å². The summed E-state index contributed by atoms with van der Waals surface area (Å²) in [5.41, 5.74) is 2.83. The Hall–Kier alpha value is -2.25. The number of rotatable bonds is 3. The Labute approximate surface area is 164 Å². The molecule has 0 aromatic heterocycles. The van der Waals surface area contributed by atoms with Gasteiger partial charge >= 0.3 is 0 Å². The third-order valence-electron chi connectivity index (χ3n) is 4.39. The first kappa shape index (κ1) is 19.5. The molecule has 1 aliphatic rings. The van der Waals surface area contributed by atoms with Crippen LogP contribution in [-0.2, 0) is 14.8 Å². The smallest absolute Gasteiger partial charge is 0.265 e. The molecular formula is C19H21ClN2O4S. The number of nitrogens with one attached hydrogen (secondary N) is 1. The van der Waals surface area contributed by atoms with Gasteiger partial charge in [-0.2, -0.15) is 0 Å². The Bertz CT molecular complexity index is 991. The Kier molecular flexibility index (Phi) is 5.35. The second kappa shape index (κ2) is 7.40. The van der Waals surface area contributed by atoms with Gasteiger partial charge in [-0.25, -0.2) is 8.42 Å². The monoisotopic (exact) mass is 408 g/mol. The zero-order valence-corrected chi connectivity index (χ0v) is 16.9. The number of nitrogens with zero attached hydrogens (tertiary/aromatic N) is 1. The van der Waals surface area contributed by atoms with E-state index >= 15 is 0 Å². The van der Waals surface area contributed by atoms with Crippen molar-refractivity contribution in [2.75, 3.05) is 22.4 Å². The van der Waals surface area contributed by atoms with E-state index in [1.54, 1.807) is 30.3 Å². The first-order valence-electron chi connectivity index (χ1n) is 8.47. The van der Waals surface area contributed by atoms with Crippen molar-refractivity contribution in [2.24, 2.45) is 0 Å². The number of hydrogen-bond donors (Lipinski definition) is 1. The number of sulfonamides is 1. The van der Waals surface area contributed by atoms with E-state index in [0.717, 1.165) is 17.4 Å². The average Bonchev–Trinajstić information content (AvgIpc) is 2.76. The molecule has 1 aliphatic heterocycles. The van der Waals surface area contributed by atoms with E-state index in [-0.39, 0.29) is 18.9 Å². The molecular weight excluding hydrogens is 388 g/mol. The summed E-state index contributed by atoms with van der Waals surface area (Å²) in [6, 6.07) is 10.5. The summed E-state index contributed by atoms with van der Waals surface area (Å²) in [4.78, 5) is 12.8. The fourth-order valence-corrected chi connectivity index (χ4v) is 4.16. The van der Waals surface area contributed by atoms with Gasteiger partial charge in [0.25, 0.3) is 5.91 Å². The maximum Gasteiger partial charge on any atom is 0.265 e. The van der Waals surface area contributed by atoms with E-state index in [0.29, 0.717) is 22.1 Å². The summed E-state index contributed by atoms with van der Waals surface area (Å²) in [5.74, 6) is 0.0406. The van der Waals surface area contributed by atoms with Gasteiger partial charge in [0, 0.05) is 23.7 Å². The molecule has 1 N–H and O–H groups in total. The van der Waals surface area contributed by atoms with Crippen molar-refractivity contribution in [3.63, 3.8) is 0 Å². The molecule has 0 aliphatic carbocycles. The summed E-state index contributed by atoms with van der Waals surface area (Å²) < 4.78 is 31.6. The molecule has 0 saturated carbocycles. The SMILES string of the molecule is Cc1ccc2c(c1)N(S(C)(=O)=O)CCC(C(=O)Nc1ccc(Cl)cc1C)O2. The number of carbonyl (C=O) groups excluding carboxylic acids is 1. The minimum absolute atomic E-state index is 0.160. The first-order chi connectivity index (χ1) is 12.6. The Morgan fingerprint density at radius 3 is 2.63 bits per heavy atom. The number of hydrogen-bond acceptors (Lipinski definition) is 4. The summed E-state index contributed by atoms with van der Waals surface area (Å²) in [5, 5.41) is 3.43. The lowest BCUT2D eigenvalue weighted by molar-refractivity contribution is -0.122. The van der Waals surface area contributed by atoms with Crippen LogP contribution in [0.25, 0.3) is 0 Å². The predicted molar refractivity (Wildman–Crippen MR) is 107 cm³/mol. The van der Waals surface area contributed by atoms with Crippen molar-refractivity contribution < 1.29 is 17.9 Å². The molecule has 6 nitrogen and oxygen atoms in total. The van der Waals surface area contributed by atoms with Gasteiger partial charge in [0.2, 0.25) is 10.0 Å². The lowest BCUT2D eigenvalue weighted by Gasteiger charge is -2.21. The van der Waals surface area contributed by atoms with Crippen molar-refractivity contribution in [2.45, 2.75) is 26.4 Å². The molecule has 1 unspecified atom stereocenters. The molecule has 8 heteroatoms. The Morgan fingerprint density at radius 2 is 1.96 bits per heavy atom. The summed E-state index contributed by atoms with van der Waals surface area (Å²) in [6.07, 6.45) is 0.573. The van der Waals surface area contributed by atoms with Crippen LogP contribution in [0.3, 0.4) is 0 Å². The van der Waals surface area contributed by atoms with E-state index in [1.807, 2.05) is 19.9 Å². The average molecular weight is 409 g/mol. The van der Waals surface area contributed by atoms with Crippen LogP contribution in [0.5, 0.6) is 5.75 Å². The highest BCUT2D eigenvalue weighted by molar-refractivity contribution is 7.92. The molecule has 0 radical (unpaired) electrons. The summed E-state index contributed by atoms with van der Waals surface area (Å²) in [6.45, 7) is 3.88. The second-order valence-corrected chi connectivity index (χ2v) is 8.99. The van der Waals surface area contributed by atoms with E-state index < -0.39 is 16.1 Å². The number of fused-ring (bicyclic) bond motifs is 1. The first-order valence-corrected chi connectivity index (χ1v) is 10.7. The van der Waals surface area contributed by atoms with Gasteiger partial charge in [-0.1, -0.05) is 17.7 Å². The largest absolute Gasteiger partial charge is 0.478 e. The molecule has 144 valence electrons. The van der Waals surface area contributed by atoms with Crippen LogP contribution >= 0.6 is 11.6 Å². The van der Waals surface area contributed by atoms with E-state index in [2.05, 4.69) is 5.32 Å². The van der Waals surface area contributed by atoms with E-state index in [9.17, 15) is 13.2 Å². The molecule has 2 aromatic rings. The van der Waals surface area contributed by atoms with Crippen LogP contribution in [-0.4, -0.2) is 33.2 Å². The fourth-order valence-electron chi connectivity index (χ4n) is 3.00. The molecule has 0 saturated heterocycles. The van der Waals surface area contributed by atoms with E-state index in [1.165, 1.54) is 4.31 Å². The zero-order valence-electron chi connectivity index (χ0n) is 15.3. The van der Waals surface area contributed by atoms with Crippen molar-refractivity contribution in [1.29, 1.82) is 0 Å². The molecule has 1 heterocycles. The quantitative estimate of drug-likeness (QED) is 0.843. The van der Waals surface area contributed by atoms with Gasteiger partial charge in [-0.15, -0.1) is 0 Å². The van der Waals surface area contributed by atoms with Gasteiger partial charge in [0.15, 0.2) is 6.10 Å².